The van der Waals surface area contributed by atoms with Crippen molar-refractivity contribution in [1.82, 2.24) is 0 Å². The summed E-state index contributed by atoms with van der Waals surface area (Å²) in [5.74, 6) is -1.03. The van der Waals surface area contributed by atoms with Crippen LogP contribution in [0.5, 0.6) is 0 Å². The van der Waals surface area contributed by atoms with E-state index >= 15 is 0 Å². The standard InChI is InChI=1S/C21H15BrCl2FN3O2/c22-17-10-1-12(20(25)19(17)24)11-18(29)26-14-6-8-16(9-7-14)28-21(30)27-15-4-2-13(23)3-5-15/h1-10H,11H2,(H,26,29)(H2,27,28,30). The molecule has 154 valence electrons. The van der Waals surface area contributed by atoms with E-state index in [1.807, 2.05) is 0 Å². The van der Waals surface area contributed by atoms with Crippen LogP contribution < -0.4 is 16.0 Å². The summed E-state index contributed by atoms with van der Waals surface area (Å²) in [6, 6.07) is 15.9. The van der Waals surface area contributed by atoms with Crippen LogP contribution in [-0.4, -0.2) is 11.9 Å². The van der Waals surface area contributed by atoms with Crippen LogP contribution in [-0.2, 0) is 11.2 Å². The number of carbonyl (C=O) groups excluding carboxylic acids is 2. The van der Waals surface area contributed by atoms with Gasteiger partial charge in [-0.3, -0.25) is 4.79 Å². The molecule has 0 unspecified atom stereocenters. The van der Waals surface area contributed by atoms with Crippen molar-refractivity contribution in [1.29, 1.82) is 0 Å². The van der Waals surface area contributed by atoms with Crippen LogP contribution in [0.3, 0.4) is 0 Å². The van der Waals surface area contributed by atoms with Crippen molar-refractivity contribution in [3.8, 4) is 0 Å². The van der Waals surface area contributed by atoms with E-state index in [0.29, 0.717) is 26.6 Å². The van der Waals surface area contributed by atoms with E-state index < -0.39 is 17.8 Å². The van der Waals surface area contributed by atoms with E-state index in [0.717, 1.165) is 0 Å². The van der Waals surface area contributed by atoms with Gasteiger partial charge in [-0.25, -0.2) is 9.18 Å². The summed E-state index contributed by atoms with van der Waals surface area (Å²) < 4.78 is 14.5. The van der Waals surface area contributed by atoms with E-state index in [4.69, 9.17) is 23.2 Å². The molecule has 0 aliphatic carbocycles. The number of benzene rings is 3. The van der Waals surface area contributed by atoms with Gasteiger partial charge in [0.25, 0.3) is 0 Å². The molecule has 0 aliphatic heterocycles. The van der Waals surface area contributed by atoms with Gasteiger partial charge in [0.15, 0.2) is 0 Å². The Morgan fingerprint density at radius 2 is 1.30 bits per heavy atom. The number of carbonyl (C=O) groups is 2. The summed E-state index contributed by atoms with van der Waals surface area (Å²) >= 11 is 14.8. The first-order valence-electron chi connectivity index (χ1n) is 8.67. The summed E-state index contributed by atoms with van der Waals surface area (Å²) in [6.45, 7) is 0. The maximum Gasteiger partial charge on any atom is 0.323 e. The zero-order valence-electron chi connectivity index (χ0n) is 15.3. The van der Waals surface area contributed by atoms with Gasteiger partial charge in [-0.2, -0.15) is 0 Å². The highest BCUT2D eigenvalue weighted by Crippen LogP contribution is 2.28. The lowest BCUT2D eigenvalue weighted by Crippen LogP contribution is -2.19. The van der Waals surface area contributed by atoms with Crippen molar-refractivity contribution in [2.45, 2.75) is 6.42 Å². The summed E-state index contributed by atoms with van der Waals surface area (Å²) in [5.41, 5.74) is 1.83. The van der Waals surface area contributed by atoms with Crippen molar-refractivity contribution < 1.29 is 14.0 Å². The molecule has 0 aromatic heterocycles. The van der Waals surface area contributed by atoms with Crippen LogP contribution in [0.4, 0.5) is 26.2 Å². The van der Waals surface area contributed by atoms with Crippen LogP contribution in [0.15, 0.2) is 65.1 Å². The van der Waals surface area contributed by atoms with Gasteiger partial charge in [-0.15, -0.1) is 0 Å². The number of nitrogens with one attached hydrogen (secondary N) is 3. The minimum absolute atomic E-state index is 0.0624. The molecule has 3 rings (SSSR count). The topological polar surface area (TPSA) is 70.2 Å². The van der Waals surface area contributed by atoms with E-state index in [1.165, 1.54) is 6.07 Å². The number of hydrogen-bond donors (Lipinski definition) is 3. The third kappa shape index (κ3) is 5.95. The second-order valence-corrected chi connectivity index (χ2v) is 7.89. The largest absolute Gasteiger partial charge is 0.326 e. The van der Waals surface area contributed by atoms with Gasteiger partial charge in [0, 0.05) is 26.6 Å². The Kier molecular flexibility index (Phi) is 7.31. The summed E-state index contributed by atoms with van der Waals surface area (Å²) in [7, 11) is 0. The first-order valence-corrected chi connectivity index (χ1v) is 10.2. The molecule has 30 heavy (non-hydrogen) atoms. The Morgan fingerprint density at radius 3 is 1.87 bits per heavy atom. The van der Waals surface area contributed by atoms with E-state index in [1.54, 1.807) is 54.6 Å². The average molecular weight is 511 g/mol. The second-order valence-electron chi connectivity index (χ2n) is 6.22. The molecule has 3 N–H and O–H groups in total. The SMILES string of the molecule is O=C(Cc1ccc(Br)c(Cl)c1F)Nc1ccc(NC(=O)Nc2ccc(Cl)cc2)cc1. The molecule has 0 fully saturated rings. The van der Waals surface area contributed by atoms with Gasteiger partial charge >= 0.3 is 6.03 Å². The van der Waals surface area contributed by atoms with Crippen LogP contribution in [0.1, 0.15) is 5.56 Å². The van der Waals surface area contributed by atoms with Crippen molar-refractivity contribution in [2.75, 3.05) is 16.0 Å². The third-order valence-electron chi connectivity index (χ3n) is 3.99. The molecule has 0 aliphatic rings. The lowest BCUT2D eigenvalue weighted by atomic mass is 10.1. The summed E-state index contributed by atoms with van der Waals surface area (Å²) in [4.78, 5) is 24.2. The lowest BCUT2D eigenvalue weighted by molar-refractivity contribution is -0.115. The van der Waals surface area contributed by atoms with Crippen molar-refractivity contribution in [3.05, 3.63) is 86.6 Å². The molecular weight excluding hydrogens is 496 g/mol. The van der Waals surface area contributed by atoms with Crippen LogP contribution >= 0.6 is 39.1 Å². The Balaban J connectivity index is 1.55. The van der Waals surface area contributed by atoms with Gasteiger partial charge in [-0.1, -0.05) is 29.3 Å². The molecule has 3 aromatic carbocycles. The molecule has 3 amide bonds. The fraction of sp³-hybridized carbons (Fsp3) is 0.0476. The molecule has 0 saturated carbocycles. The molecule has 0 radical (unpaired) electrons. The van der Waals surface area contributed by atoms with E-state index in [-0.39, 0.29) is 17.0 Å². The van der Waals surface area contributed by atoms with Gasteiger partial charge in [-0.05, 0) is 76.1 Å². The maximum atomic E-state index is 14.1. The quantitative estimate of drug-likeness (QED) is 0.333. The fourth-order valence-corrected chi connectivity index (χ4v) is 3.16. The molecule has 5 nitrogen and oxygen atoms in total. The maximum absolute atomic E-state index is 14.1. The van der Waals surface area contributed by atoms with Crippen molar-refractivity contribution in [3.63, 3.8) is 0 Å². The van der Waals surface area contributed by atoms with Crippen molar-refractivity contribution in [2.24, 2.45) is 0 Å². The van der Waals surface area contributed by atoms with Gasteiger partial charge in [0.1, 0.15) is 5.82 Å². The van der Waals surface area contributed by atoms with Crippen LogP contribution in [0.2, 0.25) is 10.0 Å². The highest BCUT2D eigenvalue weighted by atomic mass is 79.9. The lowest BCUT2D eigenvalue weighted by Gasteiger charge is -2.10. The molecule has 0 heterocycles. The van der Waals surface area contributed by atoms with Gasteiger partial charge in [0.05, 0.1) is 11.4 Å². The summed E-state index contributed by atoms with van der Waals surface area (Å²) in [6.07, 6.45) is -0.164. The van der Waals surface area contributed by atoms with Crippen molar-refractivity contribution >= 4 is 68.1 Å². The predicted molar refractivity (Wildman–Crippen MR) is 122 cm³/mol. The first-order chi connectivity index (χ1) is 14.3. The highest BCUT2D eigenvalue weighted by molar-refractivity contribution is 9.10. The molecule has 0 spiro atoms. The summed E-state index contributed by atoms with van der Waals surface area (Å²) in [5, 5.41) is 8.54. The number of hydrogen-bond acceptors (Lipinski definition) is 2. The van der Waals surface area contributed by atoms with Gasteiger partial charge < -0.3 is 16.0 Å². The Bertz CT molecular complexity index is 1080. The molecule has 0 atom stereocenters. The minimum Gasteiger partial charge on any atom is -0.326 e. The monoisotopic (exact) mass is 509 g/mol. The number of anilines is 3. The number of rotatable bonds is 5. The number of amides is 3. The predicted octanol–water partition coefficient (Wildman–Crippen LogP) is 6.72. The molecular formula is C21H15BrCl2FN3O2. The fourth-order valence-electron chi connectivity index (χ4n) is 2.54. The normalized spacial score (nSPS) is 10.4. The Labute approximate surface area is 190 Å². The zero-order valence-corrected chi connectivity index (χ0v) is 18.4. The molecule has 0 bridgehead atoms. The smallest absolute Gasteiger partial charge is 0.323 e. The van der Waals surface area contributed by atoms with Gasteiger partial charge in [0.2, 0.25) is 5.91 Å². The molecule has 9 heteroatoms. The first kappa shape index (κ1) is 22.1. The third-order valence-corrected chi connectivity index (χ3v) is 5.51. The highest BCUT2D eigenvalue weighted by Gasteiger charge is 2.13. The molecule has 3 aromatic rings. The van der Waals surface area contributed by atoms with E-state index in [2.05, 4.69) is 31.9 Å². The second kappa shape index (κ2) is 9.93. The average Bonchev–Trinajstić information content (AvgIpc) is 2.71. The van der Waals surface area contributed by atoms with Crippen LogP contribution in [0.25, 0.3) is 0 Å². The zero-order chi connectivity index (χ0) is 21.7. The minimum atomic E-state index is -0.632. The van der Waals surface area contributed by atoms with E-state index in [9.17, 15) is 14.0 Å². The Morgan fingerprint density at radius 1 is 0.800 bits per heavy atom. The number of halogens is 4. The molecule has 0 saturated heterocycles. The Hall–Kier alpha value is -2.61. The van der Waals surface area contributed by atoms with Crippen LogP contribution in [0, 0.1) is 5.82 Å². The number of urea groups is 1.